The molecule has 0 nitrogen and oxygen atoms in total. The van der Waals surface area contributed by atoms with Crippen molar-refractivity contribution in [1.29, 1.82) is 0 Å². The molecule has 0 aromatic heterocycles. The smallest absolute Gasteiger partial charge is 0.0210 e. The van der Waals surface area contributed by atoms with Crippen molar-refractivity contribution in [2.24, 2.45) is 0 Å². The first-order valence-electron chi connectivity index (χ1n) is 5.05. The molecule has 13 heavy (non-hydrogen) atoms. The van der Waals surface area contributed by atoms with Gasteiger partial charge in [0.2, 0.25) is 0 Å². The van der Waals surface area contributed by atoms with E-state index in [4.69, 9.17) is 0 Å². The van der Waals surface area contributed by atoms with Crippen LogP contribution < -0.4 is 0 Å². The molecule has 1 aromatic rings. The van der Waals surface area contributed by atoms with Gasteiger partial charge in [0.15, 0.2) is 0 Å². The van der Waals surface area contributed by atoms with Gasteiger partial charge >= 0.3 is 0 Å². The van der Waals surface area contributed by atoms with E-state index in [1.54, 1.807) is 0 Å². The van der Waals surface area contributed by atoms with Crippen molar-refractivity contribution in [3.8, 4) is 0 Å². The first-order chi connectivity index (χ1) is 6.27. The average molecular weight is 241 g/mol. The van der Waals surface area contributed by atoms with Crippen molar-refractivity contribution >= 4 is 15.9 Å². The Hall–Kier alpha value is -0.300. The lowest BCUT2D eigenvalue weighted by molar-refractivity contribution is 0.899. The molecule has 1 heteroatoms. The summed E-state index contributed by atoms with van der Waals surface area (Å²) in [6, 6.07) is 6.76. The van der Waals surface area contributed by atoms with Crippen LogP contribution >= 0.6 is 15.9 Å². The Bertz CT molecular complexity index is 266. The van der Waals surface area contributed by atoms with E-state index >= 15 is 0 Å². The van der Waals surface area contributed by atoms with E-state index in [9.17, 15) is 0 Å². The Labute approximate surface area is 89.5 Å². The van der Waals surface area contributed by atoms with Crippen molar-refractivity contribution in [3.63, 3.8) is 0 Å². The van der Waals surface area contributed by atoms with Crippen LogP contribution in [-0.2, 0) is 12.8 Å². The highest BCUT2D eigenvalue weighted by atomic mass is 79.9. The van der Waals surface area contributed by atoms with Crippen LogP contribution in [0.4, 0.5) is 0 Å². The monoisotopic (exact) mass is 240 g/mol. The van der Waals surface area contributed by atoms with Crippen LogP contribution in [0.1, 0.15) is 37.8 Å². The Balaban J connectivity index is 2.79. The quantitative estimate of drug-likeness (QED) is 0.734. The fourth-order valence-electron chi connectivity index (χ4n) is 1.51. The number of benzene rings is 1. The van der Waals surface area contributed by atoms with Crippen LogP contribution in [0.5, 0.6) is 0 Å². The predicted octanol–water partition coefficient (Wildman–Crippen LogP) is 4.35. The minimum atomic E-state index is 1.17. The van der Waals surface area contributed by atoms with E-state index in [1.807, 2.05) is 0 Å². The van der Waals surface area contributed by atoms with Crippen molar-refractivity contribution in [1.82, 2.24) is 0 Å². The van der Waals surface area contributed by atoms with Crippen molar-refractivity contribution in [2.75, 3.05) is 0 Å². The zero-order valence-corrected chi connectivity index (χ0v) is 10.0. The predicted molar refractivity (Wildman–Crippen MR) is 62.1 cm³/mol. The molecular weight excluding hydrogens is 224 g/mol. The minimum absolute atomic E-state index is 1.17. The second kappa shape index (κ2) is 5.43. The molecule has 0 fully saturated rings. The number of halogens is 1. The second-order valence-corrected chi connectivity index (χ2v) is 4.28. The summed E-state index contributed by atoms with van der Waals surface area (Å²) in [5, 5.41) is 0. The summed E-state index contributed by atoms with van der Waals surface area (Å²) in [5.74, 6) is 0. The highest BCUT2D eigenvalue weighted by Gasteiger charge is 1.99. The SMILES string of the molecule is CCCc1ccc(CCC)c(Br)c1. The fraction of sp³-hybridized carbons (Fsp3) is 0.500. The van der Waals surface area contributed by atoms with Crippen LogP contribution in [0, 0.1) is 0 Å². The van der Waals surface area contributed by atoms with E-state index in [-0.39, 0.29) is 0 Å². The Morgan fingerprint density at radius 2 is 1.77 bits per heavy atom. The molecule has 0 radical (unpaired) electrons. The maximum atomic E-state index is 3.62. The summed E-state index contributed by atoms with van der Waals surface area (Å²) in [6.45, 7) is 4.43. The normalized spacial score (nSPS) is 10.4. The molecule has 1 aromatic carbocycles. The standard InChI is InChI=1S/C12H17Br/c1-3-5-10-7-8-11(6-4-2)12(13)9-10/h7-9H,3-6H2,1-2H3. The third-order valence-electron chi connectivity index (χ3n) is 2.18. The molecule has 72 valence electrons. The van der Waals surface area contributed by atoms with E-state index in [1.165, 1.54) is 41.3 Å². The van der Waals surface area contributed by atoms with E-state index in [0.29, 0.717) is 0 Å². The third kappa shape index (κ3) is 3.15. The van der Waals surface area contributed by atoms with Gasteiger partial charge in [-0.3, -0.25) is 0 Å². The summed E-state index contributed by atoms with van der Waals surface area (Å²) < 4.78 is 1.28. The van der Waals surface area contributed by atoms with Crippen LogP contribution in [0.2, 0.25) is 0 Å². The lowest BCUT2D eigenvalue weighted by atomic mass is 10.1. The molecular formula is C12H17Br. The van der Waals surface area contributed by atoms with Gasteiger partial charge < -0.3 is 0 Å². The van der Waals surface area contributed by atoms with Gasteiger partial charge in [0.25, 0.3) is 0 Å². The van der Waals surface area contributed by atoms with Gasteiger partial charge in [-0.2, -0.15) is 0 Å². The zero-order valence-electron chi connectivity index (χ0n) is 8.44. The van der Waals surface area contributed by atoms with Crippen LogP contribution in [0.25, 0.3) is 0 Å². The van der Waals surface area contributed by atoms with Crippen molar-refractivity contribution < 1.29 is 0 Å². The first-order valence-corrected chi connectivity index (χ1v) is 5.84. The fourth-order valence-corrected chi connectivity index (χ4v) is 2.13. The summed E-state index contributed by atoms with van der Waals surface area (Å²) in [4.78, 5) is 0. The molecule has 0 bridgehead atoms. The number of aryl methyl sites for hydroxylation is 2. The zero-order chi connectivity index (χ0) is 9.68. The van der Waals surface area contributed by atoms with E-state index in [0.717, 1.165) is 0 Å². The molecule has 0 saturated carbocycles. The molecule has 0 heterocycles. The Morgan fingerprint density at radius 3 is 2.31 bits per heavy atom. The van der Waals surface area contributed by atoms with Gasteiger partial charge in [0.1, 0.15) is 0 Å². The van der Waals surface area contributed by atoms with Crippen LogP contribution in [-0.4, -0.2) is 0 Å². The molecule has 0 aliphatic rings. The molecule has 0 atom stereocenters. The van der Waals surface area contributed by atoms with Crippen molar-refractivity contribution in [3.05, 3.63) is 33.8 Å². The molecule has 0 aliphatic carbocycles. The lowest BCUT2D eigenvalue weighted by Crippen LogP contribution is -1.88. The first kappa shape index (κ1) is 10.8. The molecule has 0 N–H and O–H groups in total. The highest BCUT2D eigenvalue weighted by Crippen LogP contribution is 2.20. The largest absolute Gasteiger partial charge is 0.0651 e. The lowest BCUT2D eigenvalue weighted by Gasteiger charge is -2.05. The van der Waals surface area contributed by atoms with E-state index < -0.39 is 0 Å². The van der Waals surface area contributed by atoms with E-state index in [2.05, 4.69) is 48.0 Å². The van der Waals surface area contributed by atoms with Gasteiger partial charge in [-0.05, 0) is 30.0 Å². The molecule has 0 amide bonds. The molecule has 0 aliphatic heterocycles. The topological polar surface area (TPSA) is 0 Å². The number of hydrogen-bond acceptors (Lipinski definition) is 0. The number of hydrogen-bond donors (Lipinski definition) is 0. The van der Waals surface area contributed by atoms with Gasteiger partial charge in [-0.15, -0.1) is 0 Å². The van der Waals surface area contributed by atoms with Gasteiger partial charge in [-0.25, -0.2) is 0 Å². The summed E-state index contributed by atoms with van der Waals surface area (Å²) in [7, 11) is 0. The maximum absolute atomic E-state index is 3.62. The summed E-state index contributed by atoms with van der Waals surface area (Å²) in [5.41, 5.74) is 2.87. The van der Waals surface area contributed by atoms with Crippen LogP contribution in [0.15, 0.2) is 22.7 Å². The Kier molecular flexibility index (Phi) is 4.51. The maximum Gasteiger partial charge on any atom is 0.0210 e. The molecule has 0 saturated heterocycles. The molecule has 1 rings (SSSR count). The second-order valence-electron chi connectivity index (χ2n) is 3.43. The summed E-state index contributed by atoms with van der Waals surface area (Å²) >= 11 is 3.62. The minimum Gasteiger partial charge on any atom is -0.0651 e. The highest BCUT2D eigenvalue weighted by molar-refractivity contribution is 9.10. The third-order valence-corrected chi connectivity index (χ3v) is 2.91. The molecule has 0 spiro atoms. The van der Waals surface area contributed by atoms with Gasteiger partial charge in [0, 0.05) is 4.47 Å². The van der Waals surface area contributed by atoms with Gasteiger partial charge in [0.05, 0.1) is 0 Å². The Morgan fingerprint density at radius 1 is 1.08 bits per heavy atom. The van der Waals surface area contributed by atoms with Crippen molar-refractivity contribution in [2.45, 2.75) is 39.5 Å². The number of rotatable bonds is 4. The van der Waals surface area contributed by atoms with Gasteiger partial charge in [-0.1, -0.05) is 54.8 Å². The average Bonchev–Trinajstić information content (AvgIpc) is 2.10. The summed E-state index contributed by atoms with van der Waals surface area (Å²) in [6.07, 6.45) is 4.79. The molecule has 0 unspecified atom stereocenters. The van der Waals surface area contributed by atoms with Crippen LogP contribution in [0.3, 0.4) is 0 Å².